The highest BCUT2D eigenvalue weighted by Crippen LogP contribution is 2.19. The molecule has 1 heterocycles. The molecule has 4 nitrogen and oxygen atoms in total. The maximum Gasteiger partial charge on any atom is 0.255 e. The molecule has 0 aliphatic rings. The van der Waals surface area contributed by atoms with E-state index >= 15 is 0 Å². The molecule has 0 bridgehead atoms. The third-order valence-electron chi connectivity index (χ3n) is 3.21. The van der Waals surface area contributed by atoms with Crippen molar-refractivity contribution in [2.75, 3.05) is 0 Å². The van der Waals surface area contributed by atoms with Crippen LogP contribution in [0.15, 0.2) is 29.1 Å². The van der Waals surface area contributed by atoms with Gasteiger partial charge in [0.15, 0.2) is 4.77 Å². The van der Waals surface area contributed by atoms with Gasteiger partial charge in [0.1, 0.15) is 11.4 Å². The molecule has 5 heteroatoms. The Morgan fingerprint density at radius 3 is 2.32 bits per heavy atom. The lowest BCUT2D eigenvalue weighted by atomic mass is 10.0. The van der Waals surface area contributed by atoms with E-state index in [1.54, 1.807) is 0 Å². The summed E-state index contributed by atoms with van der Waals surface area (Å²) in [5.41, 5.74) is 2.36. The van der Waals surface area contributed by atoms with Gasteiger partial charge >= 0.3 is 0 Å². The zero-order chi connectivity index (χ0) is 16.3. The number of ether oxygens (including phenoxy) is 1. The highest BCUT2D eigenvalue weighted by molar-refractivity contribution is 7.71. The fourth-order valence-corrected chi connectivity index (χ4v) is 2.50. The van der Waals surface area contributed by atoms with E-state index in [0.717, 1.165) is 29.0 Å². The number of nitrogens with one attached hydrogen (secondary N) is 2. The van der Waals surface area contributed by atoms with Crippen molar-refractivity contribution >= 4 is 12.2 Å². The number of benzene rings is 1. The Balaban J connectivity index is 2.25. The van der Waals surface area contributed by atoms with Crippen molar-refractivity contribution in [1.82, 2.24) is 9.97 Å². The normalized spacial score (nSPS) is 11.5. The van der Waals surface area contributed by atoms with Gasteiger partial charge in [0.25, 0.3) is 5.56 Å². The molecule has 0 unspecified atom stereocenters. The van der Waals surface area contributed by atoms with E-state index < -0.39 is 0 Å². The maximum absolute atomic E-state index is 12.1. The molecular formula is C17H22N2O2S. The van der Waals surface area contributed by atoms with Gasteiger partial charge in [-0.3, -0.25) is 9.78 Å². The number of rotatable bonds is 4. The Morgan fingerprint density at radius 2 is 1.77 bits per heavy atom. The predicted molar refractivity (Wildman–Crippen MR) is 91.3 cm³/mol. The molecule has 2 N–H and O–H groups in total. The Labute approximate surface area is 135 Å². The van der Waals surface area contributed by atoms with E-state index in [4.69, 9.17) is 17.0 Å². The molecule has 118 valence electrons. The van der Waals surface area contributed by atoms with Crippen molar-refractivity contribution in [3.05, 3.63) is 56.2 Å². The van der Waals surface area contributed by atoms with Crippen LogP contribution in [0.5, 0.6) is 5.75 Å². The maximum atomic E-state index is 12.1. The van der Waals surface area contributed by atoms with Gasteiger partial charge in [0.2, 0.25) is 0 Å². The number of aryl methyl sites for hydroxylation is 1. The van der Waals surface area contributed by atoms with E-state index in [9.17, 15) is 4.79 Å². The minimum absolute atomic E-state index is 0.115. The number of H-pyrrole nitrogens is 2. The van der Waals surface area contributed by atoms with Crippen LogP contribution >= 0.6 is 12.2 Å². The summed E-state index contributed by atoms with van der Waals surface area (Å²) >= 11 is 5.02. The second kappa shape index (κ2) is 6.48. The Bertz CT molecular complexity index is 752. The smallest absolute Gasteiger partial charge is 0.255 e. The molecular weight excluding hydrogens is 296 g/mol. The van der Waals surface area contributed by atoms with Gasteiger partial charge in [-0.1, -0.05) is 19.1 Å². The average molecular weight is 318 g/mol. The van der Waals surface area contributed by atoms with Gasteiger partial charge in [-0.05, 0) is 57.1 Å². The van der Waals surface area contributed by atoms with Gasteiger partial charge in [0, 0.05) is 17.7 Å². The first-order valence-electron chi connectivity index (χ1n) is 7.41. The molecule has 1 aromatic carbocycles. The van der Waals surface area contributed by atoms with Crippen LogP contribution in [-0.2, 0) is 12.8 Å². The van der Waals surface area contributed by atoms with Crippen LogP contribution in [0.25, 0.3) is 0 Å². The van der Waals surface area contributed by atoms with Crippen molar-refractivity contribution in [2.24, 2.45) is 0 Å². The van der Waals surface area contributed by atoms with E-state index in [0.29, 0.717) is 11.2 Å². The number of hydrogen-bond acceptors (Lipinski definition) is 3. The lowest BCUT2D eigenvalue weighted by Gasteiger charge is -2.21. The zero-order valence-electron chi connectivity index (χ0n) is 13.4. The second-order valence-electron chi connectivity index (χ2n) is 6.25. The topological polar surface area (TPSA) is 57.9 Å². The molecule has 0 saturated carbocycles. The summed E-state index contributed by atoms with van der Waals surface area (Å²) in [5.74, 6) is 0.827. The molecule has 2 rings (SSSR count). The minimum Gasteiger partial charge on any atom is -0.488 e. The lowest BCUT2D eigenvalue weighted by molar-refractivity contribution is 0.131. The summed E-state index contributed by atoms with van der Waals surface area (Å²) in [6.45, 7) is 8.05. The van der Waals surface area contributed by atoms with Crippen LogP contribution < -0.4 is 10.3 Å². The monoisotopic (exact) mass is 318 g/mol. The van der Waals surface area contributed by atoms with Crippen LogP contribution in [0.3, 0.4) is 0 Å². The van der Waals surface area contributed by atoms with E-state index in [-0.39, 0.29) is 11.2 Å². The van der Waals surface area contributed by atoms with Crippen LogP contribution in [0.4, 0.5) is 0 Å². The van der Waals surface area contributed by atoms with Crippen molar-refractivity contribution in [3.8, 4) is 5.75 Å². The number of aromatic nitrogens is 2. The van der Waals surface area contributed by atoms with Crippen LogP contribution in [0.1, 0.15) is 44.5 Å². The van der Waals surface area contributed by atoms with Gasteiger partial charge in [-0.2, -0.15) is 0 Å². The molecule has 22 heavy (non-hydrogen) atoms. The van der Waals surface area contributed by atoms with Crippen molar-refractivity contribution in [2.45, 2.75) is 46.1 Å². The molecule has 0 aliphatic heterocycles. The molecule has 0 amide bonds. The molecule has 0 spiro atoms. The largest absolute Gasteiger partial charge is 0.488 e. The average Bonchev–Trinajstić information content (AvgIpc) is 2.41. The quantitative estimate of drug-likeness (QED) is 0.844. The molecule has 0 aliphatic carbocycles. The molecule has 0 fully saturated rings. The molecule has 0 atom stereocenters. The molecule has 0 saturated heterocycles. The third-order valence-corrected chi connectivity index (χ3v) is 3.42. The Morgan fingerprint density at radius 1 is 1.14 bits per heavy atom. The Hall–Kier alpha value is -1.88. The lowest BCUT2D eigenvalue weighted by Crippen LogP contribution is -2.22. The highest BCUT2D eigenvalue weighted by atomic mass is 32.1. The van der Waals surface area contributed by atoms with Crippen molar-refractivity contribution in [3.63, 3.8) is 0 Å². The molecule has 2 aromatic rings. The highest BCUT2D eigenvalue weighted by Gasteiger charge is 2.12. The van der Waals surface area contributed by atoms with Crippen molar-refractivity contribution in [1.29, 1.82) is 0 Å². The molecule has 1 aromatic heterocycles. The first-order chi connectivity index (χ1) is 10.3. The summed E-state index contributed by atoms with van der Waals surface area (Å²) in [5, 5.41) is 0. The Kier molecular flexibility index (Phi) is 4.86. The van der Waals surface area contributed by atoms with E-state index in [2.05, 4.69) is 9.97 Å². The zero-order valence-corrected chi connectivity index (χ0v) is 14.3. The third kappa shape index (κ3) is 4.31. The summed E-state index contributed by atoms with van der Waals surface area (Å²) in [7, 11) is 0. The first-order valence-corrected chi connectivity index (χ1v) is 7.81. The summed E-state index contributed by atoms with van der Waals surface area (Å²) in [4.78, 5) is 17.8. The van der Waals surface area contributed by atoms with Gasteiger partial charge in [-0.25, -0.2) is 0 Å². The van der Waals surface area contributed by atoms with Crippen LogP contribution in [-0.4, -0.2) is 15.6 Å². The van der Waals surface area contributed by atoms with Gasteiger partial charge < -0.3 is 9.72 Å². The predicted octanol–water partition coefficient (Wildman–Crippen LogP) is 3.76. The van der Waals surface area contributed by atoms with Crippen molar-refractivity contribution < 1.29 is 4.74 Å². The summed E-state index contributed by atoms with van der Waals surface area (Å²) in [6.07, 6.45) is 1.31. The van der Waals surface area contributed by atoms with E-state index in [1.165, 1.54) is 0 Å². The fourth-order valence-electron chi connectivity index (χ4n) is 2.28. The first kappa shape index (κ1) is 16.5. The van der Waals surface area contributed by atoms with Crippen LogP contribution in [0.2, 0.25) is 0 Å². The fraction of sp³-hybridized carbons (Fsp3) is 0.412. The number of hydrogen-bond donors (Lipinski definition) is 2. The van der Waals surface area contributed by atoms with Gasteiger partial charge in [-0.15, -0.1) is 0 Å². The summed E-state index contributed by atoms with van der Waals surface area (Å²) < 4.78 is 6.18. The standard InChI is InChI=1S/C17H22N2O2S/c1-5-14-13(15(20)19-16(22)18-14)10-11-6-8-12(9-7-11)21-17(2,3)4/h6-9H,5,10H2,1-4H3,(H2,18,19,20,22). The summed E-state index contributed by atoms with van der Waals surface area (Å²) in [6, 6.07) is 7.85. The SMILES string of the molecule is CCc1[nH]c(=S)[nH]c(=O)c1Cc1ccc(OC(C)(C)C)cc1. The minimum atomic E-state index is -0.220. The van der Waals surface area contributed by atoms with Gasteiger partial charge in [0.05, 0.1) is 0 Å². The van der Waals surface area contributed by atoms with E-state index in [1.807, 2.05) is 52.0 Å². The second-order valence-corrected chi connectivity index (χ2v) is 6.66. The van der Waals surface area contributed by atoms with Crippen LogP contribution in [0, 0.1) is 4.77 Å². The number of aromatic amines is 2. The molecule has 0 radical (unpaired) electrons.